The summed E-state index contributed by atoms with van der Waals surface area (Å²) in [4.78, 5) is 0. The second kappa shape index (κ2) is 6.42. The zero-order valence-electron chi connectivity index (χ0n) is 12.1. The Balaban J connectivity index is 1.81. The van der Waals surface area contributed by atoms with Gasteiger partial charge in [-0.1, -0.05) is 25.1 Å². The lowest BCUT2D eigenvalue weighted by Gasteiger charge is -2.27. The first kappa shape index (κ1) is 13.7. The van der Waals surface area contributed by atoms with Crippen molar-refractivity contribution in [3.8, 4) is 0 Å². The number of furan rings is 1. The van der Waals surface area contributed by atoms with E-state index in [9.17, 15) is 0 Å². The van der Waals surface area contributed by atoms with Crippen LogP contribution < -0.4 is 5.32 Å². The molecule has 3 heteroatoms. The fraction of sp³-hybridized carbons (Fsp3) is 0.529. The van der Waals surface area contributed by atoms with Gasteiger partial charge in [-0.3, -0.25) is 0 Å². The summed E-state index contributed by atoms with van der Waals surface area (Å²) in [7, 11) is 0. The van der Waals surface area contributed by atoms with Crippen molar-refractivity contribution in [3.05, 3.63) is 36.1 Å². The van der Waals surface area contributed by atoms with Crippen LogP contribution in [0.5, 0.6) is 0 Å². The van der Waals surface area contributed by atoms with Crippen LogP contribution >= 0.6 is 0 Å². The van der Waals surface area contributed by atoms with Gasteiger partial charge in [-0.05, 0) is 37.8 Å². The second-order valence-corrected chi connectivity index (χ2v) is 5.59. The molecule has 0 aliphatic carbocycles. The average molecular weight is 273 g/mol. The van der Waals surface area contributed by atoms with Crippen LogP contribution in [0.15, 0.2) is 34.9 Å². The van der Waals surface area contributed by atoms with Gasteiger partial charge in [-0.2, -0.15) is 0 Å². The van der Waals surface area contributed by atoms with E-state index in [-0.39, 0.29) is 0 Å². The summed E-state index contributed by atoms with van der Waals surface area (Å²) in [6.07, 6.45) is 5.45. The molecule has 0 radical (unpaired) electrons. The molecule has 1 atom stereocenters. The van der Waals surface area contributed by atoms with Gasteiger partial charge in [0, 0.05) is 30.2 Å². The summed E-state index contributed by atoms with van der Waals surface area (Å²) in [5.74, 6) is 0.751. The van der Waals surface area contributed by atoms with E-state index in [1.165, 1.54) is 30.2 Å². The Hall–Kier alpha value is -1.32. The Morgan fingerprint density at radius 1 is 1.25 bits per heavy atom. The Bertz CT molecular complexity index is 543. The van der Waals surface area contributed by atoms with Gasteiger partial charge >= 0.3 is 0 Å². The van der Waals surface area contributed by atoms with Crippen LogP contribution in [0.25, 0.3) is 11.0 Å². The molecule has 1 fully saturated rings. The van der Waals surface area contributed by atoms with Crippen LogP contribution in [0.2, 0.25) is 0 Å². The maximum Gasteiger partial charge on any atom is 0.134 e. The van der Waals surface area contributed by atoms with E-state index in [2.05, 4.69) is 24.4 Å². The first-order valence-corrected chi connectivity index (χ1v) is 7.65. The first-order valence-electron chi connectivity index (χ1n) is 7.65. The smallest absolute Gasteiger partial charge is 0.134 e. The SMILES string of the molecule is CCNC(CC1CCOCC1)c1coc2ccccc12. The number of fused-ring (bicyclic) bond motifs is 1. The van der Waals surface area contributed by atoms with Crippen LogP contribution in [0, 0.1) is 5.92 Å². The number of ether oxygens (including phenoxy) is 1. The second-order valence-electron chi connectivity index (χ2n) is 5.59. The van der Waals surface area contributed by atoms with E-state index < -0.39 is 0 Å². The van der Waals surface area contributed by atoms with E-state index >= 15 is 0 Å². The van der Waals surface area contributed by atoms with E-state index in [1.807, 2.05) is 18.4 Å². The number of hydrogen-bond donors (Lipinski definition) is 1. The largest absolute Gasteiger partial charge is 0.464 e. The maximum absolute atomic E-state index is 5.70. The van der Waals surface area contributed by atoms with Crippen molar-refractivity contribution in [2.24, 2.45) is 5.92 Å². The minimum Gasteiger partial charge on any atom is -0.464 e. The number of benzene rings is 1. The van der Waals surface area contributed by atoms with Gasteiger partial charge < -0.3 is 14.5 Å². The molecule has 3 rings (SSSR count). The van der Waals surface area contributed by atoms with Crippen LogP contribution in [-0.4, -0.2) is 19.8 Å². The topological polar surface area (TPSA) is 34.4 Å². The zero-order chi connectivity index (χ0) is 13.8. The van der Waals surface area contributed by atoms with Crippen molar-refractivity contribution in [3.63, 3.8) is 0 Å². The number of nitrogens with one attached hydrogen (secondary N) is 1. The monoisotopic (exact) mass is 273 g/mol. The summed E-state index contributed by atoms with van der Waals surface area (Å²) in [5, 5.41) is 4.86. The van der Waals surface area contributed by atoms with Crippen molar-refractivity contribution in [1.82, 2.24) is 5.32 Å². The summed E-state index contributed by atoms with van der Waals surface area (Å²) < 4.78 is 11.2. The fourth-order valence-corrected chi connectivity index (χ4v) is 3.15. The maximum atomic E-state index is 5.70. The molecule has 0 bridgehead atoms. The van der Waals surface area contributed by atoms with Gasteiger partial charge in [0.15, 0.2) is 0 Å². The Labute approximate surface area is 120 Å². The minimum atomic E-state index is 0.381. The average Bonchev–Trinajstić information content (AvgIpc) is 2.92. The van der Waals surface area contributed by atoms with Crippen LogP contribution in [-0.2, 0) is 4.74 Å². The van der Waals surface area contributed by atoms with Crippen molar-refractivity contribution < 1.29 is 9.15 Å². The highest BCUT2D eigenvalue weighted by atomic mass is 16.5. The molecule has 0 spiro atoms. The summed E-state index contributed by atoms with van der Waals surface area (Å²) >= 11 is 0. The molecule has 0 amide bonds. The molecule has 1 unspecified atom stereocenters. The van der Waals surface area contributed by atoms with Gasteiger partial charge in [0.1, 0.15) is 5.58 Å². The van der Waals surface area contributed by atoms with Crippen molar-refractivity contribution >= 4 is 11.0 Å². The van der Waals surface area contributed by atoms with E-state index in [1.54, 1.807) is 0 Å². The van der Waals surface area contributed by atoms with Crippen LogP contribution in [0.1, 0.15) is 37.8 Å². The number of para-hydroxylation sites is 1. The highest BCUT2D eigenvalue weighted by Crippen LogP contribution is 2.32. The van der Waals surface area contributed by atoms with Gasteiger partial charge in [0.25, 0.3) is 0 Å². The molecular weight excluding hydrogens is 250 g/mol. The van der Waals surface area contributed by atoms with E-state index in [0.717, 1.165) is 31.3 Å². The third kappa shape index (κ3) is 2.89. The molecule has 1 aromatic carbocycles. The molecule has 20 heavy (non-hydrogen) atoms. The normalized spacial score (nSPS) is 18.4. The molecule has 3 nitrogen and oxygen atoms in total. The third-order valence-corrected chi connectivity index (χ3v) is 4.25. The zero-order valence-corrected chi connectivity index (χ0v) is 12.1. The predicted octanol–water partition coefficient (Wildman–Crippen LogP) is 3.90. The molecular formula is C17H23NO2. The summed E-state index contributed by atoms with van der Waals surface area (Å²) in [6.45, 7) is 4.97. The molecule has 1 aliphatic heterocycles. The van der Waals surface area contributed by atoms with Crippen molar-refractivity contribution in [1.29, 1.82) is 0 Å². The molecule has 1 saturated heterocycles. The van der Waals surface area contributed by atoms with Crippen LogP contribution in [0.3, 0.4) is 0 Å². The third-order valence-electron chi connectivity index (χ3n) is 4.25. The summed E-state index contributed by atoms with van der Waals surface area (Å²) in [6, 6.07) is 8.68. The minimum absolute atomic E-state index is 0.381. The first-order chi connectivity index (χ1) is 9.88. The van der Waals surface area contributed by atoms with E-state index in [4.69, 9.17) is 9.15 Å². The fourth-order valence-electron chi connectivity index (χ4n) is 3.15. The van der Waals surface area contributed by atoms with Gasteiger partial charge in [-0.15, -0.1) is 0 Å². The Morgan fingerprint density at radius 3 is 2.85 bits per heavy atom. The Kier molecular flexibility index (Phi) is 4.38. The van der Waals surface area contributed by atoms with Crippen LogP contribution in [0.4, 0.5) is 0 Å². The lowest BCUT2D eigenvalue weighted by molar-refractivity contribution is 0.0606. The quantitative estimate of drug-likeness (QED) is 0.897. The standard InChI is InChI=1S/C17H23NO2/c1-2-18-16(11-13-7-9-19-10-8-13)15-12-20-17-6-4-3-5-14(15)17/h3-6,12-13,16,18H,2,7-11H2,1H3. The number of hydrogen-bond acceptors (Lipinski definition) is 3. The van der Waals surface area contributed by atoms with Gasteiger partial charge in [0.05, 0.1) is 6.26 Å². The summed E-state index contributed by atoms with van der Waals surface area (Å²) in [5.41, 5.74) is 2.28. The highest BCUT2D eigenvalue weighted by molar-refractivity contribution is 5.81. The predicted molar refractivity (Wildman–Crippen MR) is 80.8 cm³/mol. The number of rotatable bonds is 5. The van der Waals surface area contributed by atoms with Gasteiger partial charge in [0.2, 0.25) is 0 Å². The molecule has 1 aliphatic rings. The molecule has 2 heterocycles. The molecule has 1 aromatic heterocycles. The van der Waals surface area contributed by atoms with E-state index in [0.29, 0.717) is 6.04 Å². The molecule has 108 valence electrons. The lowest BCUT2D eigenvalue weighted by atomic mass is 9.89. The van der Waals surface area contributed by atoms with Crippen molar-refractivity contribution in [2.75, 3.05) is 19.8 Å². The molecule has 2 aromatic rings. The molecule has 1 N–H and O–H groups in total. The molecule has 0 saturated carbocycles. The Morgan fingerprint density at radius 2 is 2.05 bits per heavy atom. The van der Waals surface area contributed by atoms with Crippen molar-refractivity contribution in [2.45, 2.75) is 32.2 Å². The lowest BCUT2D eigenvalue weighted by Crippen LogP contribution is -2.26. The van der Waals surface area contributed by atoms with Gasteiger partial charge in [-0.25, -0.2) is 0 Å². The highest BCUT2D eigenvalue weighted by Gasteiger charge is 2.22.